The molecule has 0 saturated carbocycles. The zero-order chi connectivity index (χ0) is 51.8. The van der Waals surface area contributed by atoms with Crippen molar-refractivity contribution >= 4 is 86.8 Å². The topological polar surface area (TPSA) is 299 Å². The highest BCUT2D eigenvalue weighted by Gasteiger charge is 2.41. The van der Waals surface area contributed by atoms with E-state index in [1.165, 1.54) is 16.7 Å². The van der Waals surface area contributed by atoms with E-state index >= 15 is 0 Å². The van der Waals surface area contributed by atoms with Gasteiger partial charge < -0.3 is 59.9 Å². The molecule has 390 valence electrons. The van der Waals surface area contributed by atoms with E-state index in [0.717, 1.165) is 10.3 Å². The second-order valence-electron chi connectivity index (χ2n) is 18.0. The number of imidazole rings is 1. The molecule has 0 spiro atoms. The number of benzene rings is 1. The molecule has 7 amide bonds. The third kappa shape index (κ3) is 15.9. The molecule has 6 N–H and O–H groups in total. The molecule has 1 aromatic carbocycles. The van der Waals surface area contributed by atoms with Crippen molar-refractivity contribution in [1.29, 1.82) is 0 Å². The maximum Gasteiger partial charge on any atom is 0.305 e. The van der Waals surface area contributed by atoms with Gasteiger partial charge in [-0.1, -0.05) is 32.0 Å². The lowest BCUT2D eigenvalue weighted by Gasteiger charge is -2.30. The summed E-state index contributed by atoms with van der Waals surface area (Å²) in [6.07, 6.45) is 1.54. The molecule has 4 heterocycles. The Morgan fingerprint density at radius 3 is 2.27 bits per heavy atom. The zero-order valence-electron chi connectivity index (χ0n) is 41.2. The lowest BCUT2D eigenvalue weighted by molar-refractivity contribution is -0.146. The summed E-state index contributed by atoms with van der Waals surface area (Å²) in [6, 6.07) is 3.70. The second-order valence-corrected chi connectivity index (χ2v) is 19.1. The molecule has 2 aromatic heterocycles. The predicted octanol–water partition coefficient (Wildman–Crippen LogP) is 0.968. The molecule has 71 heavy (non-hydrogen) atoms. The number of aliphatic hydroxyl groups is 1. The fourth-order valence-corrected chi connectivity index (χ4v) is 8.76. The average Bonchev–Trinajstić information content (AvgIpc) is 4.02. The largest absolute Gasteiger partial charge is 0.481 e. The highest BCUT2D eigenvalue weighted by Crippen LogP contribution is 2.32. The van der Waals surface area contributed by atoms with Gasteiger partial charge in [0.1, 0.15) is 42.6 Å². The third-order valence-electron chi connectivity index (χ3n) is 11.6. The van der Waals surface area contributed by atoms with Gasteiger partial charge in [-0.05, 0) is 51.9 Å². The van der Waals surface area contributed by atoms with Crippen molar-refractivity contribution in [3.05, 3.63) is 30.1 Å². The fourth-order valence-electron chi connectivity index (χ4n) is 8.13. The summed E-state index contributed by atoms with van der Waals surface area (Å²) in [4.78, 5) is 115. The van der Waals surface area contributed by atoms with Gasteiger partial charge in [-0.2, -0.15) is 11.8 Å². The molecule has 3 aromatic rings. The molecular weight excluding hydrogens is 947 g/mol. The number of thioether (sulfide) groups is 1. The van der Waals surface area contributed by atoms with Crippen molar-refractivity contribution < 1.29 is 67.5 Å². The van der Waals surface area contributed by atoms with Gasteiger partial charge in [0.15, 0.2) is 5.82 Å². The Bertz CT molecular complexity index is 2390. The monoisotopic (exact) mass is 1010 g/mol. The Kier molecular flexibility index (Phi) is 21.0. The first kappa shape index (κ1) is 56.1. The van der Waals surface area contributed by atoms with Crippen LogP contribution in [0.1, 0.15) is 72.5 Å². The van der Waals surface area contributed by atoms with Gasteiger partial charge in [0.2, 0.25) is 41.4 Å². The number of fused-ring (bicyclic) bond motifs is 3. The number of imide groups is 1. The van der Waals surface area contributed by atoms with Crippen LogP contribution < -0.4 is 21.3 Å². The number of carbonyl (C=O) groups excluding carboxylic acids is 7. The molecule has 2 aliphatic rings. The van der Waals surface area contributed by atoms with Crippen LogP contribution in [-0.2, 0) is 70.5 Å². The van der Waals surface area contributed by atoms with Crippen LogP contribution in [0.25, 0.3) is 21.9 Å². The molecule has 0 aliphatic carbocycles. The Morgan fingerprint density at radius 1 is 0.930 bits per heavy atom. The van der Waals surface area contributed by atoms with Crippen LogP contribution in [0.3, 0.4) is 0 Å². The molecule has 23 nitrogen and oxygen atoms in total. The highest BCUT2D eigenvalue weighted by molar-refractivity contribution is 8.00. The molecule has 5 rings (SSSR count). The number of amides is 7. The number of carbonyl (C=O) groups is 8. The number of aliphatic carboxylic acids is 1. The smallest absolute Gasteiger partial charge is 0.305 e. The van der Waals surface area contributed by atoms with E-state index < -0.39 is 76.8 Å². The normalized spacial score (nSPS) is 17.0. The Hall–Kier alpha value is -5.79. The van der Waals surface area contributed by atoms with Crippen LogP contribution in [0.2, 0.25) is 0 Å². The van der Waals surface area contributed by atoms with Gasteiger partial charge in [-0.25, -0.2) is 9.97 Å². The standard InChI is InChI=1S/C47H67N9O14S/c1-7-67-26-34-51-40-41(56(34)27-47(4,5)66)29-11-8-9-12-30(29)50-42(40)53-44(63)39(28(2)3)52-43(62)32-13-10-16-54(32)45(64)31(23-38(60)61)49-35(57)14-17-68-19-21-70-22-20-69-18-15-48-36(58)25-55-37(59)24-33(71-6)46(55)65/h8-9,11-12,28,31-33,39,66H,7,10,13-27H2,1-6H3,(H,48,58)(H,49,57)(H,52,62)(H,60,61)(H,50,53,63)/t31-,32-,33?,39?/m0/s1. The molecule has 2 aliphatic heterocycles. The van der Waals surface area contributed by atoms with Crippen molar-refractivity contribution in [3.8, 4) is 0 Å². The highest BCUT2D eigenvalue weighted by atomic mass is 32.2. The number of rotatable bonds is 29. The van der Waals surface area contributed by atoms with Crippen LogP contribution in [0, 0.1) is 5.92 Å². The van der Waals surface area contributed by atoms with E-state index in [1.54, 1.807) is 40.0 Å². The summed E-state index contributed by atoms with van der Waals surface area (Å²) >= 11 is 1.27. The van der Waals surface area contributed by atoms with Crippen molar-refractivity contribution in [2.24, 2.45) is 5.92 Å². The number of hydrogen-bond donors (Lipinski definition) is 6. The number of likely N-dealkylation sites (tertiary alicyclic amines) is 2. The number of anilines is 1. The minimum Gasteiger partial charge on any atom is -0.481 e. The quantitative estimate of drug-likeness (QED) is 0.0417. The Morgan fingerprint density at radius 2 is 1.62 bits per heavy atom. The lowest BCUT2D eigenvalue weighted by Crippen LogP contribution is -2.57. The maximum absolute atomic E-state index is 14.1. The summed E-state index contributed by atoms with van der Waals surface area (Å²) in [6.45, 7) is 10.2. The van der Waals surface area contributed by atoms with E-state index in [9.17, 15) is 48.6 Å². The predicted molar refractivity (Wildman–Crippen MR) is 260 cm³/mol. The number of carboxylic acids is 1. The van der Waals surface area contributed by atoms with Crippen molar-refractivity contribution in [2.45, 2.75) is 109 Å². The van der Waals surface area contributed by atoms with Gasteiger partial charge in [0.05, 0.1) is 74.5 Å². The van der Waals surface area contributed by atoms with Gasteiger partial charge in [-0.15, -0.1) is 0 Å². The van der Waals surface area contributed by atoms with Gasteiger partial charge in [0.25, 0.3) is 0 Å². The summed E-state index contributed by atoms with van der Waals surface area (Å²) in [7, 11) is 0. The second kappa shape index (κ2) is 26.6. The number of nitrogens with zero attached hydrogens (tertiary/aromatic N) is 5. The first-order valence-corrected chi connectivity index (χ1v) is 25.0. The molecule has 4 atom stereocenters. The van der Waals surface area contributed by atoms with Crippen molar-refractivity contribution in [3.63, 3.8) is 0 Å². The minimum atomic E-state index is -1.48. The number of nitrogens with one attached hydrogen (secondary N) is 4. The summed E-state index contributed by atoms with van der Waals surface area (Å²) < 4.78 is 23.9. The van der Waals surface area contributed by atoms with Crippen LogP contribution in [0.4, 0.5) is 5.82 Å². The van der Waals surface area contributed by atoms with E-state index in [2.05, 4.69) is 21.3 Å². The molecule has 0 radical (unpaired) electrons. The first-order chi connectivity index (χ1) is 33.8. The van der Waals surface area contributed by atoms with Crippen LogP contribution in [-0.4, -0.2) is 183 Å². The number of aromatic nitrogens is 3. The fraction of sp³-hybridized carbons (Fsp3) is 0.617. The SMILES string of the molecule is CCOCc1nc2c(NC(=O)C(NC(=O)[C@@H]3CCCN3C(=O)[C@H](CC(=O)O)NC(=O)CCOCCOCCOCCNC(=O)CN3C(=O)CC(SC)C3=O)C(C)C)nc3ccccc3c2n1CC(C)(C)O. The maximum atomic E-state index is 14.1. The molecule has 2 fully saturated rings. The van der Waals surface area contributed by atoms with Crippen molar-refractivity contribution in [1.82, 2.24) is 40.3 Å². The van der Waals surface area contributed by atoms with E-state index in [1.807, 2.05) is 29.7 Å². The number of carboxylic acid groups (broad SMARTS) is 1. The van der Waals surface area contributed by atoms with E-state index in [4.69, 9.17) is 28.9 Å². The number of hydrogen-bond acceptors (Lipinski definition) is 16. The minimum absolute atomic E-state index is 0.0588. The van der Waals surface area contributed by atoms with E-state index in [0.29, 0.717) is 35.4 Å². The average molecular weight is 1010 g/mol. The van der Waals surface area contributed by atoms with Gasteiger partial charge in [-0.3, -0.25) is 43.3 Å². The molecule has 2 saturated heterocycles. The molecule has 24 heteroatoms. The molecule has 0 bridgehead atoms. The third-order valence-corrected chi connectivity index (χ3v) is 12.5. The lowest BCUT2D eigenvalue weighted by atomic mass is 10.0. The Labute approximate surface area is 415 Å². The summed E-state index contributed by atoms with van der Waals surface area (Å²) in [5, 5.41) is 31.6. The number of para-hydroxylation sites is 1. The van der Waals surface area contributed by atoms with Gasteiger partial charge in [0, 0.05) is 37.9 Å². The van der Waals surface area contributed by atoms with Crippen LogP contribution >= 0.6 is 11.8 Å². The molecule has 2 unspecified atom stereocenters. The summed E-state index contributed by atoms with van der Waals surface area (Å²) in [5.74, 6) is -4.95. The molecular formula is C47H67N9O14S. The summed E-state index contributed by atoms with van der Waals surface area (Å²) in [5.41, 5.74) is 0.417. The zero-order valence-corrected chi connectivity index (χ0v) is 42.0. The van der Waals surface area contributed by atoms with Crippen LogP contribution in [0.5, 0.6) is 0 Å². The van der Waals surface area contributed by atoms with E-state index in [-0.39, 0.29) is 109 Å². The number of pyridine rings is 1. The number of ether oxygens (including phenoxy) is 4. The van der Waals surface area contributed by atoms with Crippen molar-refractivity contribution in [2.75, 3.05) is 77.5 Å². The van der Waals surface area contributed by atoms with Crippen LogP contribution in [0.15, 0.2) is 24.3 Å². The Balaban J connectivity index is 1.08. The van der Waals surface area contributed by atoms with Gasteiger partial charge >= 0.3 is 5.97 Å². The first-order valence-electron chi connectivity index (χ1n) is 23.7.